The maximum atomic E-state index is 6.16. The van der Waals surface area contributed by atoms with Gasteiger partial charge < -0.3 is 5.73 Å². The van der Waals surface area contributed by atoms with Crippen LogP contribution in [0.25, 0.3) is 10.9 Å². The van der Waals surface area contributed by atoms with Gasteiger partial charge in [-0.1, -0.05) is 33.6 Å². The predicted octanol–water partition coefficient (Wildman–Crippen LogP) is 3.11. The Balaban J connectivity index is 2.77. The van der Waals surface area contributed by atoms with Crippen LogP contribution in [0.5, 0.6) is 0 Å². The zero-order valence-corrected chi connectivity index (χ0v) is 9.64. The second-order valence-corrected chi connectivity index (χ2v) is 4.26. The Hall–Kier alpha value is -0.640. The first-order valence-corrected chi connectivity index (χ1v) is 5.32. The lowest BCUT2D eigenvalue weighted by molar-refractivity contribution is 1.06. The number of benzene rings is 1. The van der Waals surface area contributed by atoms with Crippen LogP contribution in [-0.4, -0.2) is 4.98 Å². The Morgan fingerprint density at radius 2 is 2.21 bits per heavy atom. The van der Waals surface area contributed by atoms with Gasteiger partial charge in [0.15, 0.2) is 0 Å². The minimum Gasteiger partial charge on any atom is -0.326 e. The molecule has 0 spiro atoms. The molecule has 0 aliphatic rings. The summed E-state index contributed by atoms with van der Waals surface area (Å²) in [5.41, 5.74) is 7.29. The van der Waals surface area contributed by atoms with E-state index in [9.17, 15) is 0 Å². The molecule has 0 amide bonds. The van der Waals surface area contributed by atoms with Gasteiger partial charge in [-0.3, -0.25) is 4.98 Å². The number of halogens is 2. The Morgan fingerprint density at radius 1 is 1.43 bits per heavy atom. The van der Waals surface area contributed by atoms with Crippen molar-refractivity contribution in [3.63, 3.8) is 0 Å². The van der Waals surface area contributed by atoms with Gasteiger partial charge in [-0.05, 0) is 12.1 Å². The number of pyridine rings is 1. The molecule has 0 fully saturated rings. The molecule has 2 nitrogen and oxygen atoms in total. The average molecular weight is 272 g/mol. The molecule has 14 heavy (non-hydrogen) atoms. The van der Waals surface area contributed by atoms with Crippen molar-refractivity contribution in [3.05, 3.63) is 39.5 Å². The largest absolute Gasteiger partial charge is 0.326 e. The van der Waals surface area contributed by atoms with Crippen molar-refractivity contribution in [2.75, 3.05) is 0 Å². The van der Waals surface area contributed by atoms with Crippen LogP contribution in [-0.2, 0) is 6.54 Å². The summed E-state index contributed by atoms with van der Waals surface area (Å²) in [6.07, 6.45) is 1.72. The minimum atomic E-state index is 0.415. The van der Waals surface area contributed by atoms with Crippen molar-refractivity contribution in [2.45, 2.75) is 6.54 Å². The summed E-state index contributed by atoms with van der Waals surface area (Å²) in [6, 6.07) is 5.81. The summed E-state index contributed by atoms with van der Waals surface area (Å²) < 4.78 is 0.995. The first kappa shape index (κ1) is 9.90. The Bertz CT molecular complexity index is 485. The monoisotopic (exact) mass is 270 g/mol. The molecule has 0 saturated carbocycles. The molecule has 72 valence electrons. The Labute approximate surface area is 95.2 Å². The van der Waals surface area contributed by atoms with E-state index in [0.717, 1.165) is 20.9 Å². The molecule has 0 atom stereocenters. The third-order valence-corrected chi connectivity index (χ3v) is 3.00. The van der Waals surface area contributed by atoms with E-state index in [2.05, 4.69) is 20.9 Å². The molecule has 2 aromatic rings. The van der Waals surface area contributed by atoms with Crippen LogP contribution in [0.1, 0.15) is 5.56 Å². The summed E-state index contributed by atoms with van der Waals surface area (Å²) in [6.45, 7) is 0.415. The highest BCUT2D eigenvalue weighted by Crippen LogP contribution is 2.27. The van der Waals surface area contributed by atoms with Crippen LogP contribution in [0.15, 0.2) is 28.9 Å². The van der Waals surface area contributed by atoms with E-state index in [1.54, 1.807) is 6.20 Å². The van der Waals surface area contributed by atoms with Gasteiger partial charge in [0.05, 0.1) is 10.5 Å². The highest BCUT2D eigenvalue weighted by atomic mass is 79.9. The number of aromatic nitrogens is 1. The molecule has 1 heterocycles. The molecular weight excluding hydrogens is 263 g/mol. The first-order chi connectivity index (χ1) is 6.72. The van der Waals surface area contributed by atoms with E-state index < -0.39 is 0 Å². The zero-order chi connectivity index (χ0) is 10.1. The van der Waals surface area contributed by atoms with Crippen molar-refractivity contribution >= 4 is 38.4 Å². The van der Waals surface area contributed by atoms with Gasteiger partial charge in [-0.15, -0.1) is 0 Å². The zero-order valence-electron chi connectivity index (χ0n) is 7.30. The van der Waals surface area contributed by atoms with Crippen molar-refractivity contribution in [1.29, 1.82) is 0 Å². The number of rotatable bonds is 1. The third kappa shape index (κ3) is 1.63. The molecule has 1 aromatic carbocycles. The van der Waals surface area contributed by atoms with Gasteiger partial charge in [-0.2, -0.15) is 0 Å². The van der Waals surface area contributed by atoms with E-state index in [0.29, 0.717) is 11.6 Å². The molecule has 0 aliphatic carbocycles. The third-order valence-electron chi connectivity index (χ3n) is 2.06. The van der Waals surface area contributed by atoms with Crippen molar-refractivity contribution in [2.24, 2.45) is 5.73 Å². The van der Waals surface area contributed by atoms with Crippen LogP contribution in [0.2, 0.25) is 5.02 Å². The predicted molar refractivity (Wildman–Crippen MR) is 62.3 cm³/mol. The molecule has 0 unspecified atom stereocenters. The highest BCUT2D eigenvalue weighted by Gasteiger charge is 2.05. The molecule has 0 saturated heterocycles. The van der Waals surface area contributed by atoms with Crippen LogP contribution in [0.4, 0.5) is 0 Å². The second kappa shape index (κ2) is 3.85. The smallest absolute Gasteiger partial charge is 0.0728 e. The Kier molecular flexibility index (Phi) is 2.72. The standard InChI is InChI=1S/C10H8BrClN2/c11-7-1-2-8-9(3-7)14-5-6(4-13)10(8)12/h1-3,5H,4,13H2. The van der Waals surface area contributed by atoms with Crippen LogP contribution < -0.4 is 5.73 Å². The summed E-state index contributed by atoms with van der Waals surface area (Å²) in [7, 11) is 0. The summed E-state index contributed by atoms with van der Waals surface area (Å²) >= 11 is 9.54. The number of nitrogens with two attached hydrogens (primary N) is 1. The van der Waals surface area contributed by atoms with Crippen molar-refractivity contribution < 1.29 is 0 Å². The van der Waals surface area contributed by atoms with E-state index in [1.807, 2.05) is 18.2 Å². The van der Waals surface area contributed by atoms with Crippen molar-refractivity contribution in [1.82, 2.24) is 4.98 Å². The summed E-state index contributed by atoms with van der Waals surface area (Å²) in [5.74, 6) is 0. The first-order valence-electron chi connectivity index (χ1n) is 4.15. The summed E-state index contributed by atoms with van der Waals surface area (Å²) in [5, 5.41) is 1.64. The second-order valence-electron chi connectivity index (χ2n) is 2.96. The fraction of sp³-hybridized carbons (Fsp3) is 0.100. The topological polar surface area (TPSA) is 38.9 Å². The van der Waals surface area contributed by atoms with Gasteiger partial charge in [0, 0.05) is 28.2 Å². The molecule has 0 aliphatic heterocycles. The lowest BCUT2D eigenvalue weighted by Gasteiger charge is -2.04. The number of fused-ring (bicyclic) bond motifs is 1. The van der Waals surface area contributed by atoms with Gasteiger partial charge in [0.2, 0.25) is 0 Å². The molecule has 0 bridgehead atoms. The fourth-order valence-electron chi connectivity index (χ4n) is 1.32. The van der Waals surface area contributed by atoms with Gasteiger partial charge in [0.1, 0.15) is 0 Å². The molecule has 4 heteroatoms. The molecule has 0 radical (unpaired) electrons. The van der Waals surface area contributed by atoms with Gasteiger partial charge >= 0.3 is 0 Å². The van der Waals surface area contributed by atoms with Crippen molar-refractivity contribution in [3.8, 4) is 0 Å². The maximum Gasteiger partial charge on any atom is 0.0728 e. The van der Waals surface area contributed by atoms with Crippen LogP contribution in [0.3, 0.4) is 0 Å². The molecule has 2 N–H and O–H groups in total. The van der Waals surface area contributed by atoms with Crippen LogP contribution >= 0.6 is 27.5 Å². The lowest BCUT2D eigenvalue weighted by Crippen LogP contribution is -1.98. The highest BCUT2D eigenvalue weighted by molar-refractivity contribution is 9.10. The van der Waals surface area contributed by atoms with Gasteiger partial charge in [0.25, 0.3) is 0 Å². The normalized spacial score (nSPS) is 10.8. The SMILES string of the molecule is NCc1cnc2cc(Br)ccc2c1Cl. The summed E-state index contributed by atoms with van der Waals surface area (Å²) in [4.78, 5) is 4.28. The number of hydrogen-bond acceptors (Lipinski definition) is 2. The number of nitrogens with zero attached hydrogens (tertiary/aromatic N) is 1. The quantitative estimate of drug-likeness (QED) is 0.865. The fourth-order valence-corrected chi connectivity index (χ4v) is 1.95. The van der Waals surface area contributed by atoms with Crippen LogP contribution in [0, 0.1) is 0 Å². The molecular formula is C10H8BrClN2. The lowest BCUT2D eigenvalue weighted by atomic mass is 10.1. The van der Waals surface area contributed by atoms with E-state index in [-0.39, 0.29) is 0 Å². The minimum absolute atomic E-state index is 0.415. The van der Waals surface area contributed by atoms with E-state index >= 15 is 0 Å². The molecule has 1 aromatic heterocycles. The molecule has 2 rings (SSSR count). The van der Waals surface area contributed by atoms with E-state index in [4.69, 9.17) is 17.3 Å². The maximum absolute atomic E-state index is 6.16. The average Bonchev–Trinajstić information content (AvgIpc) is 2.18. The van der Waals surface area contributed by atoms with E-state index in [1.165, 1.54) is 0 Å². The van der Waals surface area contributed by atoms with Gasteiger partial charge in [-0.25, -0.2) is 0 Å². The Morgan fingerprint density at radius 3 is 2.93 bits per heavy atom. The number of hydrogen-bond donors (Lipinski definition) is 1.